The highest BCUT2D eigenvalue weighted by molar-refractivity contribution is 6.33. The number of rotatable bonds is 5. The Hall–Kier alpha value is -3.55. The van der Waals surface area contributed by atoms with Crippen LogP contribution in [0.1, 0.15) is 50.0 Å². The number of nitrogens with two attached hydrogens (primary N) is 1. The zero-order valence-corrected chi connectivity index (χ0v) is 25.4. The third kappa shape index (κ3) is 4.34. The maximum absolute atomic E-state index is 17.2. The second kappa shape index (κ2) is 10.2. The number of nitrogens with zero attached hydrogens (tertiary/aromatic N) is 6. The minimum absolute atomic E-state index is 0.0355. The molecule has 11 nitrogen and oxygen atoms in total. The van der Waals surface area contributed by atoms with Crippen molar-refractivity contribution in [2.75, 3.05) is 56.7 Å². The number of nitrogen functional groups attached to an aromatic ring is 1. The van der Waals surface area contributed by atoms with Crippen LogP contribution in [0, 0.1) is 5.82 Å². The van der Waals surface area contributed by atoms with Crippen LogP contribution >= 0.6 is 11.6 Å². The number of nitrogens with one attached hydrogen (secondary N) is 1. The molecule has 0 radical (unpaired) electrons. The predicted molar refractivity (Wildman–Crippen MR) is 164 cm³/mol. The SMILES string of the molecule is Nc1n[nH]c2cc(Cl)c(C3CC3)c(-c3nc4c5c(nc(OC[C@@]67CCCN6C[C@H](F)C7)nc5c3F)N3CCCOC[C@H]3CO4)c12. The molecule has 7 heterocycles. The van der Waals surface area contributed by atoms with E-state index in [4.69, 9.17) is 41.5 Å². The van der Waals surface area contributed by atoms with Gasteiger partial charge in [-0.15, -0.1) is 0 Å². The molecular weight excluding hydrogens is 606 g/mol. The fraction of sp³-hybridized carbons (Fsp3) is 0.548. The van der Waals surface area contributed by atoms with Gasteiger partial charge in [0, 0.05) is 36.7 Å². The molecule has 3 N–H and O–H groups in total. The van der Waals surface area contributed by atoms with Crippen molar-refractivity contribution < 1.29 is 23.0 Å². The maximum Gasteiger partial charge on any atom is 0.319 e. The minimum atomic E-state index is -0.898. The van der Waals surface area contributed by atoms with Gasteiger partial charge in [0.05, 0.1) is 29.1 Å². The molecule has 0 unspecified atom stereocenters. The summed E-state index contributed by atoms with van der Waals surface area (Å²) in [7, 11) is 0. The number of halogens is 3. The zero-order valence-electron chi connectivity index (χ0n) is 24.6. The van der Waals surface area contributed by atoms with Crippen molar-refractivity contribution in [1.29, 1.82) is 0 Å². The van der Waals surface area contributed by atoms with E-state index >= 15 is 4.39 Å². The summed E-state index contributed by atoms with van der Waals surface area (Å²) < 4.78 is 50.2. The lowest BCUT2D eigenvalue weighted by Gasteiger charge is -2.31. The van der Waals surface area contributed by atoms with Gasteiger partial charge in [-0.2, -0.15) is 15.1 Å². The number of alkyl halides is 1. The Bertz CT molecular complexity index is 1850. The molecule has 3 aromatic heterocycles. The average molecular weight is 639 g/mol. The summed E-state index contributed by atoms with van der Waals surface area (Å²) in [5.41, 5.74) is 7.90. The van der Waals surface area contributed by atoms with Crippen molar-refractivity contribution in [1.82, 2.24) is 30.0 Å². The highest BCUT2D eigenvalue weighted by atomic mass is 35.5. The molecule has 14 heteroatoms. The lowest BCUT2D eigenvalue weighted by Crippen LogP contribution is -2.43. The molecule has 3 saturated heterocycles. The molecular formula is C31H33ClF2N8O3. The summed E-state index contributed by atoms with van der Waals surface area (Å²) in [6, 6.07) is 1.65. The molecule has 1 aliphatic carbocycles. The Morgan fingerprint density at radius 3 is 2.91 bits per heavy atom. The maximum atomic E-state index is 17.2. The Morgan fingerprint density at radius 1 is 1.16 bits per heavy atom. The van der Waals surface area contributed by atoms with E-state index in [1.54, 1.807) is 6.07 Å². The molecule has 1 aromatic carbocycles. The molecule has 4 aliphatic heterocycles. The van der Waals surface area contributed by atoms with Gasteiger partial charge in [-0.25, -0.2) is 13.8 Å². The number of pyridine rings is 1. The molecule has 0 bridgehead atoms. The quantitative estimate of drug-likeness (QED) is 0.316. The molecule has 4 aromatic rings. The van der Waals surface area contributed by atoms with Gasteiger partial charge in [0.25, 0.3) is 0 Å². The van der Waals surface area contributed by atoms with Crippen LogP contribution in [0.2, 0.25) is 5.02 Å². The number of aromatic amines is 1. The van der Waals surface area contributed by atoms with Gasteiger partial charge in [-0.3, -0.25) is 10.00 Å². The first-order chi connectivity index (χ1) is 21.9. The van der Waals surface area contributed by atoms with Crippen molar-refractivity contribution in [2.45, 2.75) is 62.2 Å². The average Bonchev–Trinajstić information content (AvgIpc) is 3.69. The summed E-state index contributed by atoms with van der Waals surface area (Å²) in [4.78, 5) is 18.6. The smallest absolute Gasteiger partial charge is 0.319 e. The van der Waals surface area contributed by atoms with Crippen LogP contribution in [-0.2, 0) is 4.74 Å². The Labute approximate surface area is 262 Å². The first-order valence-electron chi connectivity index (χ1n) is 15.8. The van der Waals surface area contributed by atoms with Crippen LogP contribution in [0.3, 0.4) is 0 Å². The van der Waals surface area contributed by atoms with Crippen LogP contribution in [0.15, 0.2) is 6.07 Å². The highest BCUT2D eigenvalue weighted by Gasteiger charge is 2.49. The molecule has 4 fully saturated rings. The molecule has 9 rings (SSSR count). The lowest BCUT2D eigenvalue weighted by molar-refractivity contribution is 0.107. The topological polar surface area (TPSA) is 128 Å². The minimum Gasteiger partial charge on any atom is -0.475 e. The van der Waals surface area contributed by atoms with E-state index < -0.39 is 17.5 Å². The molecule has 5 aliphatic rings. The van der Waals surface area contributed by atoms with E-state index in [1.807, 2.05) is 0 Å². The fourth-order valence-electron chi connectivity index (χ4n) is 7.93. The van der Waals surface area contributed by atoms with Gasteiger partial charge < -0.3 is 24.8 Å². The number of anilines is 2. The summed E-state index contributed by atoms with van der Waals surface area (Å²) >= 11 is 6.82. The van der Waals surface area contributed by atoms with Crippen LogP contribution in [-0.4, -0.2) is 93.9 Å². The van der Waals surface area contributed by atoms with Gasteiger partial charge in [0.15, 0.2) is 11.6 Å². The predicted octanol–water partition coefficient (Wildman–Crippen LogP) is 4.76. The first-order valence-corrected chi connectivity index (χ1v) is 16.1. The van der Waals surface area contributed by atoms with Crippen molar-refractivity contribution >= 4 is 45.0 Å². The van der Waals surface area contributed by atoms with E-state index in [2.05, 4.69) is 25.0 Å². The van der Waals surface area contributed by atoms with Gasteiger partial charge >= 0.3 is 6.01 Å². The Balaban J connectivity index is 1.25. The zero-order chi connectivity index (χ0) is 30.4. The monoisotopic (exact) mass is 638 g/mol. The van der Waals surface area contributed by atoms with Gasteiger partial charge in [0.1, 0.15) is 41.8 Å². The Morgan fingerprint density at radius 2 is 2.04 bits per heavy atom. The highest BCUT2D eigenvalue weighted by Crippen LogP contribution is 2.52. The van der Waals surface area contributed by atoms with Crippen LogP contribution < -0.4 is 20.1 Å². The largest absolute Gasteiger partial charge is 0.475 e. The molecule has 45 heavy (non-hydrogen) atoms. The third-order valence-electron chi connectivity index (χ3n) is 10.2. The summed E-state index contributed by atoms with van der Waals surface area (Å²) in [5, 5.41) is 8.55. The van der Waals surface area contributed by atoms with Crippen LogP contribution in [0.4, 0.5) is 20.4 Å². The second-order valence-corrected chi connectivity index (χ2v) is 13.4. The second-order valence-electron chi connectivity index (χ2n) is 13.0. The number of hydrogen-bond acceptors (Lipinski definition) is 10. The normalized spacial score (nSPS) is 26.5. The summed E-state index contributed by atoms with van der Waals surface area (Å²) in [5.74, 6) is 0.453. The molecule has 236 valence electrons. The third-order valence-corrected chi connectivity index (χ3v) is 10.5. The summed E-state index contributed by atoms with van der Waals surface area (Å²) in [6.45, 7) is 3.39. The summed E-state index contributed by atoms with van der Waals surface area (Å²) in [6.07, 6.45) is 3.94. The van der Waals surface area contributed by atoms with E-state index in [-0.39, 0.29) is 54.1 Å². The number of H-pyrrole nitrogens is 1. The van der Waals surface area contributed by atoms with Crippen LogP contribution in [0.5, 0.6) is 11.9 Å². The van der Waals surface area contributed by atoms with Crippen molar-refractivity contribution in [3.63, 3.8) is 0 Å². The number of aromatic nitrogens is 5. The fourth-order valence-corrected chi connectivity index (χ4v) is 8.29. The number of ether oxygens (including phenoxy) is 3. The Kier molecular flexibility index (Phi) is 6.30. The van der Waals surface area contributed by atoms with Gasteiger partial charge in [-0.05, 0) is 56.2 Å². The molecule has 1 saturated carbocycles. The molecule has 0 spiro atoms. The number of benzene rings is 1. The van der Waals surface area contributed by atoms with E-state index in [9.17, 15) is 4.39 Å². The van der Waals surface area contributed by atoms with Crippen molar-refractivity contribution in [3.8, 4) is 23.1 Å². The standard InChI is InChI=1S/C31H33ClF2N8O3/c32-18-9-19-21(27(35)40-39-19)22(20(18)15-3-4-15)25-24(34)26-23-28(42-7-2-8-43-12-17(42)13-44-29(23)36-25)38-30(37-26)45-14-31-5-1-6-41(31)11-16(33)10-31/h9,15-17H,1-8,10-14H2,(H3,35,39,40)/t16-,17+,31+/m1/s1. The van der Waals surface area contributed by atoms with Crippen molar-refractivity contribution in [3.05, 3.63) is 22.5 Å². The van der Waals surface area contributed by atoms with E-state index in [0.29, 0.717) is 65.4 Å². The van der Waals surface area contributed by atoms with Crippen molar-refractivity contribution in [2.24, 2.45) is 0 Å². The van der Waals surface area contributed by atoms with E-state index in [0.717, 1.165) is 44.2 Å². The van der Waals surface area contributed by atoms with E-state index in [1.165, 1.54) is 0 Å². The van der Waals surface area contributed by atoms with Crippen LogP contribution in [0.25, 0.3) is 33.1 Å². The molecule has 3 atom stereocenters. The molecule has 0 amide bonds. The van der Waals surface area contributed by atoms with Gasteiger partial charge in [-0.1, -0.05) is 11.6 Å². The number of hydrogen-bond donors (Lipinski definition) is 2. The first kappa shape index (κ1) is 27.7. The van der Waals surface area contributed by atoms with Gasteiger partial charge in [0.2, 0.25) is 5.88 Å². The lowest BCUT2D eigenvalue weighted by atomic mass is 9.95. The number of fused-ring (bicyclic) bond motifs is 4.